The van der Waals surface area contributed by atoms with E-state index in [1.54, 1.807) is 18.3 Å². The summed E-state index contributed by atoms with van der Waals surface area (Å²) in [5, 5.41) is 4.04. The Morgan fingerprint density at radius 1 is 1.08 bits per heavy atom. The fraction of sp³-hybridized carbons (Fsp3) is 0.316. The molecule has 7 heteroatoms. The molecular weight excluding hydrogens is 345 g/mol. The summed E-state index contributed by atoms with van der Waals surface area (Å²) in [5.41, 5.74) is 3.23. The van der Waals surface area contributed by atoms with Crippen molar-refractivity contribution in [1.82, 2.24) is 0 Å². The number of halogens is 3. The van der Waals surface area contributed by atoms with Crippen LogP contribution in [0.5, 0.6) is 11.5 Å². The summed E-state index contributed by atoms with van der Waals surface area (Å²) in [4.78, 5) is 0. The van der Waals surface area contributed by atoms with Crippen LogP contribution in [0.3, 0.4) is 0 Å². The number of rotatable bonds is 7. The van der Waals surface area contributed by atoms with Crippen molar-refractivity contribution in [1.29, 1.82) is 0 Å². The highest BCUT2D eigenvalue weighted by atomic mass is 19.4. The number of hydrogen-bond donors (Lipinski definition) is 1. The van der Waals surface area contributed by atoms with Crippen molar-refractivity contribution >= 4 is 11.9 Å². The van der Waals surface area contributed by atoms with Crippen molar-refractivity contribution in [3.63, 3.8) is 0 Å². The Bertz CT molecular complexity index is 741. The SMILES string of the molecule is CCOc1cc(C=NNc2ccc(C(F)(F)F)cc2)ccc1OC(C)C. The average molecular weight is 366 g/mol. The third-order valence-corrected chi connectivity index (χ3v) is 3.25. The Labute approximate surface area is 150 Å². The lowest BCUT2D eigenvalue weighted by atomic mass is 10.2. The molecule has 0 aliphatic heterocycles. The van der Waals surface area contributed by atoms with E-state index in [-0.39, 0.29) is 6.10 Å². The molecule has 0 fully saturated rings. The largest absolute Gasteiger partial charge is 0.490 e. The molecule has 140 valence electrons. The molecule has 4 nitrogen and oxygen atoms in total. The number of anilines is 1. The maximum Gasteiger partial charge on any atom is 0.416 e. The molecule has 26 heavy (non-hydrogen) atoms. The van der Waals surface area contributed by atoms with Gasteiger partial charge in [-0.15, -0.1) is 0 Å². The molecule has 0 unspecified atom stereocenters. The summed E-state index contributed by atoms with van der Waals surface area (Å²) in [6.07, 6.45) is -2.77. The molecule has 0 saturated carbocycles. The Hall–Kier alpha value is -2.70. The minimum atomic E-state index is -4.35. The van der Waals surface area contributed by atoms with Gasteiger partial charge < -0.3 is 9.47 Å². The van der Waals surface area contributed by atoms with Crippen LogP contribution in [-0.2, 0) is 6.18 Å². The maximum absolute atomic E-state index is 12.5. The highest BCUT2D eigenvalue weighted by molar-refractivity contribution is 5.81. The van der Waals surface area contributed by atoms with Gasteiger partial charge in [-0.2, -0.15) is 18.3 Å². The molecule has 0 aliphatic rings. The van der Waals surface area contributed by atoms with Crippen molar-refractivity contribution in [2.24, 2.45) is 5.10 Å². The Morgan fingerprint density at radius 3 is 2.35 bits per heavy atom. The van der Waals surface area contributed by atoms with E-state index in [0.29, 0.717) is 23.8 Å². The molecule has 0 spiro atoms. The van der Waals surface area contributed by atoms with Crippen molar-refractivity contribution < 1.29 is 22.6 Å². The standard InChI is InChI=1S/C19H21F3N2O2/c1-4-25-18-11-14(5-10-17(18)26-13(2)3)12-23-24-16-8-6-15(7-9-16)19(20,21)22/h5-13,24H,4H2,1-3H3. The number of nitrogens with one attached hydrogen (secondary N) is 1. The van der Waals surface area contributed by atoms with E-state index in [0.717, 1.165) is 17.7 Å². The monoisotopic (exact) mass is 366 g/mol. The lowest BCUT2D eigenvalue weighted by Crippen LogP contribution is -2.07. The minimum absolute atomic E-state index is 0.0232. The van der Waals surface area contributed by atoms with Gasteiger partial charge in [-0.3, -0.25) is 5.43 Å². The van der Waals surface area contributed by atoms with E-state index in [1.807, 2.05) is 26.8 Å². The highest BCUT2D eigenvalue weighted by Gasteiger charge is 2.29. The predicted octanol–water partition coefficient (Wildman–Crippen LogP) is 5.34. The quantitative estimate of drug-likeness (QED) is 0.531. The lowest BCUT2D eigenvalue weighted by molar-refractivity contribution is -0.137. The molecule has 0 radical (unpaired) electrons. The normalized spacial score (nSPS) is 11.8. The number of nitrogens with zero attached hydrogens (tertiary/aromatic N) is 1. The molecule has 0 amide bonds. The van der Waals surface area contributed by atoms with Gasteiger partial charge in [-0.05, 0) is 68.8 Å². The topological polar surface area (TPSA) is 42.8 Å². The number of benzene rings is 2. The second kappa shape index (κ2) is 8.60. The minimum Gasteiger partial charge on any atom is -0.490 e. The summed E-state index contributed by atoms with van der Waals surface area (Å²) >= 11 is 0. The van der Waals surface area contributed by atoms with E-state index >= 15 is 0 Å². The third-order valence-electron chi connectivity index (χ3n) is 3.25. The van der Waals surface area contributed by atoms with Crippen LogP contribution in [0.4, 0.5) is 18.9 Å². The molecule has 0 atom stereocenters. The lowest BCUT2D eigenvalue weighted by Gasteiger charge is -2.14. The van der Waals surface area contributed by atoms with Gasteiger partial charge in [0.25, 0.3) is 0 Å². The zero-order chi connectivity index (χ0) is 19.2. The second-order valence-electron chi connectivity index (χ2n) is 5.75. The van der Waals surface area contributed by atoms with Crippen molar-refractivity contribution in [3.05, 3.63) is 53.6 Å². The van der Waals surface area contributed by atoms with Gasteiger partial charge in [0.05, 0.1) is 30.2 Å². The van der Waals surface area contributed by atoms with Crippen molar-refractivity contribution in [2.45, 2.75) is 33.1 Å². The Morgan fingerprint density at radius 2 is 1.77 bits per heavy atom. The van der Waals surface area contributed by atoms with Crippen LogP contribution >= 0.6 is 0 Å². The summed E-state index contributed by atoms with van der Waals surface area (Å²) in [6.45, 7) is 6.24. The maximum atomic E-state index is 12.5. The fourth-order valence-corrected chi connectivity index (χ4v) is 2.14. The van der Waals surface area contributed by atoms with E-state index in [4.69, 9.17) is 9.47 Å². The first kappa shape index (κ1) is 19.6. The van der Waals surface area contributed by atoms with Gasteiger partial charge >= 0.3 is 6.18 Å². The predicted molar refractivity (Wildman–Crippen MR) is 96.0 cm³/mol. The van der Waals surface area contributed by atoms with Crippen molar-refractivity contribution in [2.75, 3.05) is 12.0 Å². The Balaban J connectivity index is 2.06. The molecule has 0 saturated heterocycles. The van der Waals surface area contributed by atoms with Crippen LogP contribution in [0.2, 0.25) is 0 Å². The van der Waals surface area contributed by atoms with Crippen LogP contribution in [0.15, 0.2) is 47.6 Å². The second-order valence-corrected chi connectivity index (χ2v) is 5.75. The van der Waals surface area contributed by atoms with Crippen molar-refractivity contribution in [3.8, 4) is 11.5 Å². The Kier molecular flexibility index (Phi) is 6.49. The van der Waals surface area contributed by atoms with E-state index in [1.165, 1.54) is 12.1 Å². The van der Waals surface area contributed by atoms with Gasteiger partial charge in [0.2, 0.25) is 0 Å². The van der Waals surface area contributed by atoms with Gasteiger partial charge in [0.15, 0.2) is 11.5 Å². The molecule has 1 N–H and O–H groups in total. The summed E-state index contributed by atoms with van der Waals surface area (Å²) in [7, 11) is 0. The highest BCUT2D eigenvalue weighted by Crippen LogP contribution is 2.30. The van der Waals surface area contributed by atoms with Crippen LogP contribution < -0.4 is 14.9 Å². The third kappa shape index (κ3) is 5.68. The van der Waals surface area contributed by atoms with Gasteiger partial charge in [0, 0.05) is 0 Å². The van der Waals surface area contributed by atoms with Crippen LogP contribution in [0.1, 0.15) is 31.9 Å². The van der Waals surface area contributed by atoms with E-state index < -0.39 is 11.7 Å². The number of ether oxygens (including phenoxy) is 2. The smallest absolute Gasteiger partial charge is 0.416 e. The molecule has 2 rings (SSSR count). The van der Waals surface area contributed by atoms with Gasteiger partial charge in [0.1, 0.15) is 0 Å². The van der Waals surface area contributed by atoms with Gasteiger partial charge in [-0.25, -0.2) is 0 Å². The molecule has 2 aromatic rings. The summed E-state index contributed by atoms with van der Waals surface area (Å²) in [5.74, 6) is 1.26. The molecular formula is C19H21F3N2O2. The first-order valence-electron chi connectivity index (χ1n) is 8.19. The zero-order valence-corrected chi connectivity index (χ0v) is 14.8. The molecule has 0 aliphatic carbocycles. The number of hydrogen-bond acceptors (Lipinski definition) is 4. The number of hydrazone groups is 1. The first-order valence-corrected chi connectivity index (χ1v) is 8.19. The number of alkyl halides is 3. The van der Waals surface area contributed by atoms with Crippen LogP contribution in [-0.4, -0.2) is 18.9 Å². The van der Waals surface area contributed by atoms with E-state index in [9.17, 15) is 13.2 Å². The zero-order valence-electron chi connectivity index (χ0n) is 14.8. The fourth-order valence-electron chi connectivity index (χ4n) is 2.14. The average Bonchev–Trinajstić information content (AvgIpc) is 2.56. The summed E-state index contributed by atoms with van der Waals surface area (Å²) < 4.78 is 48.9. The van der Waals surface area contributed by atoms with Gasteiger partial charge in [-0.1, -0.05) is 0 Å². The molecule has 0 heterocycles. The van der Waals surface area contributed by atoms with Crippen LogP contribution in [0, 0.1) is 0 Å². The van der Waals surface area contributed by atoms with Crippen LogP contribution in [0.25, 0.3) is 0 Å². The molecule has 2 aromatic carbocycles. The first-order chi connectivity index (χ1) is 12.3. The molecule has 0 bridgehead atoms. The summed E-state index contributed by atoms with van der Waals surface area (Å²) in [6, 6.07) is 10.1. The molecule has 0 aromatic heterocycles. The van der Waals surface area contributed by atoms with E-state index in [2.05, 4.69) is 10.5 Å².